The molecule has 0 amide bonds. The number of hydrogen-bond donors (Lipinski definition) is 1. The third-order valence-corrected chi connectivity index (χ3v) is 4.89. The number of halogens is 2. The molecule has 0 aliphatic carbocycles. The van der Waals surface area contributed by atoms with Crippen LogP contribution in [-0.4, -0.2) is 19.7 Å². The molecule has 146 valence electrons. The number of nitrogens with two attached hydrogens (primary N) is 1. The number of aromatic nitrogens is 4. The second-order valence-corrected chi connectivity index (χ2v) is 6.99. The zero-order valence-corrected chi connectivity index (χ0v) is 17.2. The van der Waals surface area contributed by atoms with Gasteiger partial charge in [0.1, 0.15) is 11.8 Å². The van der Waals surface area contributed by atoms with Crippen molar-refractivity contribution in [3.8, 4) is 11.8 Å². The summed E-state index contributed by atoms with van der Waals surface area (Å²) in [6.45, 7) is 1.96. The van der Waals surface area contributed by atoms with Crippen LogP contribution in [0.4, 0.5) is 0 Å². The van der Waals surface area contributed by atoms with Gasteiger partial charge in [-0.3, -0.25) is 4.98 Å². The number of pyridine rings is 2. The van der Waals surface area contributed by atoms with Gasteiger partial charge in [-0.25, -0.2) is 9.67 Å². The average Bonchev–Trinajstić information content (AvgIpc) is 3.12. The van der Waals surface area contributed by atoms with Crippen molar-refractivity contribution in [1.29, 1.82) is 5.26 Å². The maximum absolute atomic E-state index is 9.12. The third kappa shape index (κ3) is 4.08. The summed E-state index contributed by atoms with van der Waals surface area (Å²) in [5, 5.41) is 15.2. The Kier molecular flexibility index (Phi) is 6.14. The van der Waals surface area contributed by atoms with Crippen molar-refractivity contribution in [2.24, 2.45) is 5.73 Å². The van der Waals surface area contributed by atoms with Gasteiger partial charge in [0, 0.05) is 28.7 Å². The molecule has 29 heavy (non-hydrogen) atoms. The van der Waals surface area contributed by atoms with Gasteiger partial charge in [-0.15, -0.1) is 12.4 Å². The number of nitrogens with zero attached hydrogens (tertiary/aromatic N) is 5. The molecule has 2 N–H and O–H groups in total. The molecule has 0 aliphatic rings. The molecule has 1 atom stereocenters. The van der Waals surface area contributed by atoms with E-state index in [0.717, 1.165) is 27.8 Å². The van der Waals surface area contributed by atoms with E-state index in [-0.39, 0.29) is 12.4 Å². The molecule has 0 aliphatic heterocycles. The highest BCUT2D eigenvalue weighted by Crippen LogP contribution is 2.26. The molecule has 0 saturated carbocycles. The molecule has 8 heteroatoms. The molecular formula is C21H18Cl2N6. The van der Waals surface area contributed by atoms with Crippen LogP contribution in [0.5, 0.6) is 0 Å². The standard InChI is InChI=1S/C21H17ClN6.ClH/c1-13-4-6-16(11-23)27-18(13)10-17(24)21-20(3-2-8-25-21)28-19-7-5-15(22)9-14(19)12-26-28;/h2-9,12,17H,10,24H2,1H3;1H/t17-;/m0./s1. The van der Waals surface area contributed by atoms with Crippen LogP contribution >= 0.6 is 24.0 Å². The fourth-order valence-electron chi connectivity index (χ4n) is 3.21. The Balaban J connectivity index is 0.00000240. The SMILES string of the molecule is Cc1ccc(C#N)nc1C[C@H](N)c1ncccc1-n1ncc2cc(Cl)ccc21.Cl. The van der Waals surface area contributed by atoms with Crippen molar-refractivity contribution >= 4 is 34.9 Å². The Morgan fingerprint density at radius 3 is 2.86 bits per heavy atom. The monoisotopic (exact) mass is 424 g/mol. The first-order valence-corrected chi connectivity index (χ1v) is 9.15. The van der Waals surface area contributed by atoms with Gasteiger partial charge >= 0.3 is 0 Å². The van der Waals surface area contributed by atoms with Crippen molar-refractivity contribution in [3.63, 3.8) is 0 Å². The number of rotatable bonds is 4. The molecule has 4 aromatic rings. The highest BCUT2D eigenvalue weighted by atomic mass is 35.5. The lowest BCUT2D eigenvalue weighted by Crippen LogP contribution is -2.19. The van der Waals surface area contributed by atoms with Crippen molar-refractivity contribution in [1.82, 2.24) is 19.7 Å². The van der Waals surface area contributed by atoms with E-state index >= 15 is 0 Å². The van der Waals surface area contributed by atoms with E-state index in [4.69, 9.17) is 22.6 Å². The zero-order chi connectivity index (χ0) is 19.7. The number of fused-ring (bicyclic) bond motifs is 1. The molecular weight excluding hydrogens is 407 g/mol. The maximum Gasteiger partial charge on any atom is 0.140 e. The van der Waals surface area contributed by atoms with Crippen LogP contribution in [0.3, 0.4) is 0 Å². The highest BCUT2D eigenvalue weighted by molar-refractivity contribution is 6.31. The first-order chi connectivity index (χ1) is 13.6. The fourth-order valence-corrected chi connectivity index (χ4v) is 3.39. The van der Waals surface area contributed by atoms with Gasteiger partial charge in [-0.2, -0.15) is 10.4 Å². The van der Waals surface area contributed by atoms with Crippen LogP contribution in [0.25, 0.3) is 16.6 Å². The van der Waals surface area contributed by atoms with E-state index in [1.54, 1.807) is 18.5 Å². The van der Waals surface area contributed by atoms with Crippen molar-refractivity contribution in [2.75, 3.05) is 0 Å². The van der Waals surface area contributed by atoms with Crippen LogP contribution in [0.1, 0.15) is 28.7 Å². The quantitative estimate of drug-likeness (QED) is 0.526. The number of hydrogen-bond acceptors (Lipinski definition) is 5. The predicted octanol–water partition coefficient (Wildman–Crippen LogP) is 4.31. The lowest BCUT2D eigenvalue weighted by atomic mass is 10.0. The Morgan fingerprint density at radius 1 is 1.24 bits per heavy atom. The highest BCUT2D eigenvalue weighted by Gasteiger charge is 2.18. The average molecular weight is 425 g/mol. The van der Waals surface area contributed by atoms with Crippen LogP contribution in [0.15, 0.2) is 54.9 Å². The lowest BCUT2D eigenvalue weighted by Gasteiger charge is -2.16. The molecule has 0 fully saturated rings. The largest absolute Gasteiger partial charge is 0.322 e. The molecule has 0 radical (unpaired) electrons. The van der Waals surface area contributed by atoms with Gasteiger partial charge in [-0.1, -0.05) is 17.7 Å². The first-order valence-electron chi connectivity index (χ1n) is 8.77. The second kappa shape index (κ2) is 8.58. The van der Waals surface area contributed by atoms with Gasteiger partial charge in [0.05, 0.1) is 29.1 Å². The minimum absolute atomic E-state index is 0. The molecule has 4 rings (SSSR count). The Hall–Kier alpha value is -2.98. The fraction of sp³-hybridized carbons (Fsp3) is 0.143. The van der Waals surface area contributed by atoms with Crippen LogP contribution in [0, 0.1) is 18.3 Å². The normalized spacial score (nSPS) is 11.7. The Labute approximate surface area is 179 Å². The van der Waals surface area contributed by atoms with E-state index in [2.05, 4.69) is 21.1 Å². The summed E-state index contributed by atoms with van der Waals surface area (Å²) in [4.78, 5) is 8.93. The van der Waals surface area contributed by atoms with Crippen LogP contribution < -0.4 is 5.73 Å². The van der Waals surface area contributed by atoms with E-state index < -0.39 is 6.04 Å². The van der Waals surface area contributed by atoms with Crippen LogP contribution in [-0.2, 0) is 6.42 Å². The summed E-state index contributed by atoms with van der Waals surface area (Å²) in [5.74, 6) is 0. The van der Waals surface area contributed by atoms with Gasteiger partial charge in [0.25, 0.3) is 0 Å². The van der Waals surface area contributed by atoms with E-state index in [9.17, 15) is 0 Å². The van der Waals surface area contributed by atoms with Crippen molar-refractivity contribution in [2.45, 2.75) is 19.4 Å². The summed E-state index contributed by atoms with van der Waals surface area (Å²) < 4.78 is 1.82. The molecule has 0 spiro atoms. The zero-order valence-electron chi connectivity index (χ0n) is 15.6. The topological polar surface area (TPSA) is 93.4 Å². The number of benzene rings is 1. The minimum Gasteiger partial charge on any atom is -0.322 e. The molecule has 0 saturated heterocycles. The van der Waals surface area contributed by atoms with Gasteiger partial charge in [0.2, 0.25) is 0 Å². The van der Waals surface area contributed by atoms with Gasteiger partial charge in [-0.05, 0) is 48.9 Å². The number of nitriles is 1. The molecule has 1 aromatic carbocycles. The molecule has 6 nitrogen and oxygen atoms in total. The maximum atomic E-state index is 9.12. The van der Waals surface area contributed by atoms with Gasteiger partial charge < -0.3 is 5.73 Å². The smallest absolute Gasteiger partial charge is 0.140 e. The third-order valence-electron chi connectivity index (χ3n) is 4.66. The van der Waals surface area contributed by atoms with E-state index in [1.807, 2.05) is 48.0 Å². The summed E-state index contributed by atoms with van der Waals surface area (Å²) in [7, 11) is 0. The van der Waals surface area contributed by atoms with Gasteiger partial charge in [0.15, 0.2) is 0 Å². The predicted molar refractivity (Wildman–Crippen MR) is 115 cm³/mol. The van der Waals surface area contributed by atoms with E-state index in [1.165, 1.54) is 0 Å². The Morgan fingerprint density at radius 2 is 2.07 bits per heavy atom. The summed E-state index contributed by atoms with van der Waals surface area (Å²) in [6, 6.07) is 14.7. The molecule has 0 unspecified atom stereocenters. The molecule has 3 heterocycles. The van der Waals surface area contributed by atoms with Crippen molar-refractivity contribution < 1.29 is 0 Å². The van der Waals surface area contributed by atoms with Crippen molar-refractivity contribution in [3.05, 3.63) is 82.5 Å². The summed E-state index contributed by atoms with van der Waals surface area (Å²) in [6.07, 6.45) is 3.95. The minimum atomic E-state index is -0.400. The molecule has 0 bridgehead atoms. The van der Waals surface area contributed by atoms with Crippen LogP contribution in [0.2, 0.25) is 5.02 Å². The second-order valence-electron chi connectivity index (χ2n) is 6.55. The Bertz CT molecular complexity index is 1210. The first kappa shape index (κ1) is 20.7. The lowest BCUT2D eigenvalue weighted by molar-refractivity contribution is 0.669. The molecule has 3 aromatic heterocycles. The summed E-state index contributed by atoms with van der Waals surface area (Å²) in [5.41, 5.74) is 11.1. The van der Waals surface area contributed by atoms with E-state index in [0.29, 0.717) is 22.8 Å². The summed E-state index contributed by atoms with van der Waals surface area (Å²) >= 11 is 6.09. The number of aryl methyl sites for hydroxylation is 1.